The highest BCUT2D eigenvalue weighted by Gasteiger charge is 2.24. The predicted octanol–water partition coefficient (Wildman–Crippen LogP) is 3.82. The molecule has 5 rings (SSSR count). The molecule has 2 fully saturated rings. The van der Waals surface area contributed by atoms with Gasteiger partial charge in [-0.3, -0.25) is 14.5 Å². The average Bonchev–Trinajstić information content (AvgIpc) is 3.39. The highest BCUT2D eigenvalue weighted by molar-refractivity contribution is 7.98. The summed E-state index contributed by atoms with van der Waals surface area (Å²) in [5.41, 5.74) is 1.23. The summed E-state index contributed by atoms with van der Waals surface area (Å²) in [5, 5.41) is 0.814. The van der Waals surface area contributed by atoms with Crippen molar-refractivity contribution in [1.82, 2.24) is 19.8 Å². The van der Waals surface area contributed by atoms with Crippen molar-refractivity contribution in [1.29, 1.82) is 0 Å². The highest BCUT2D eigenvalue weighted by atomic mass is 32.2. The molecule has 8 heteroatoms. The number of thioether (sulfide) groups is 1. The van der Waals surface area contributed by atoms with Gasteiger partial charge in [-0.05, 0) is 43.6 Å². The Morgan fingerprint density at radius 2 is 1.91 bits per heavy atom. The topological polar surface area (TPSA) is 69.3 Å². The summed E-state index contributed by atoms with van der Waals surface area (Å²) in [6.45, 7) is 4.99. The number of fused-ring (bicyclic) bond motifs is 3. The van der Waals surface area contributed by atoms with E-state index >= 15 is 0 Å². The number of carbonyl (C=O) groups is 1. The first kappa shape index (κ1) is 22.4. The van der Waals surface area contributed by atoms with Crippen molar-refractivity contribution in [2.75, 3.05) is 38.5 Å². The van der Waals surface area contributed by atoms with Crippen molar-refractivity contribution in [3.05, 3.63) is 26.6 Å². The van der Waals surface area contributed by atoms with Crippen LogP contribution in [-0.2, 0) is 23.4 Å². The van der Waals surface area contributed by atoms with Crippen LogP contribution in [0.2, 0.25) is 0 Å². The lowest BCUT2D eigenvalue weighted by Gasteiger charge is -2.37. The van der Waals surface area contributed by atoms with E-state index in [1.165, 1.54) is 49.1 Å². The fourth-order valence-electron chi connectivity index (χ4n) is 5.52. The van der Waals surface area contributed by atoms with E-state index in [-0.39, 0.29) is 11.5 Å². The van der Waals surface area contributed by atoms with Crippen LogP contribution in [0.4, 0.5) is 0 Å². The Morgan fingerprint density at radius 1 is 1.09 bits per heavy atom. The Balaban J connectivity index is 1.04. The SMILES string of the molecule is O=C(CCSCc1nc2sc3c(c2c(=O)[nH]1)CCC3)N1CCN(CC2CCCCC2)CC1. The largest absolute Gasteiger partial charge is 0.340 e. The second-order valence-electron chi connectivity index (χ2n) is 9.54. The van der Waals surface area contributed by atoms with Crippen molar-refractivity contribution >= 4 is 39.2 Å². The van der Waals surface area contributed by atoms with Gasteiger partial charge in [0, 0.05) is 49.8 Å². The summed E-state index contributed by atoms with van der Waals surface area (Å²) in [6.07, 6.45) is 10.8. The number of aromatic amines is 1. The van der Waals surface area contributed by atoms with Gasteiger partial charge in [-0.1, -0.05) is 19.3 Å². The lowest BCUT2D eigenvalue weighted by molar-refractivity contribution is -0.132. The van der Waals surface area contributed by atoms with Gasteiger partial charge in [0.05, 0.1) is 11.1 Å². The Morgan fingerprint density at radius 3 is 2.72 bits per heavy atom. The van der Waals surface area contributed by atoms with Gasteiger partial charge in [0.15, 0.2) is 0 Å². The van der Waals surface area contributed by atoms with E-state index in [9.17, 15) is 9.59 Å². The summed E-state index contributed by atoms with van der Waals surface area (Å²) in [4.78, 5) is 39.7. The number of carbonyl (C=O) groups excluding carboxylic acids is 1. The number of aryl methyl sites for hydroxylation is 2. The molecule has 6 nitrogen and oxygen atoms in total. The monoisotopic (exact) mass is 474 g/mol. The molecule has 3 heterocycles. The van der Waals surface area contributed by atoms with Crippen LogP contribution in [0, 0.1) is 5.92 Å². The van der Waals surface area contributed by atoms with Gasteiger partial charge in [0.1, 0.15) is 10.7 Å². The first-order valence-electron chi connectivity index (χ1n) is 12.3. The smallest absolute Gasteiger partial charge is 0.259 e. The number of hydrogen-bond donors (Lipinski definition) is 1. The number of nitrogens with one attached hydrogen (secondary N) is 1. The number of aromatic nitrogens is 2. The van der Waals surface area contributed by atoms with Crippen LogP contribution in [0.15, 0.2) is 4.79 Å². The van der Waals surface area contributed by atoms with Crippen LogP contribution in [0.3, 0.4) is 0 Å². The summed E-state index contributed by atoms with van der Waals surface area (Å²) in [5.74, 6) is 3.29. The maximum atomic E-state index is 12.6. The molecular weight excluding hydrogens is 440 g/mol. The summed E-state index contributed by atoms with van der Waals surface area (Å²) >= 11 is 3.37. The van der Waals surface area contributed by atoms with Gasteiger partial charge < -0.3 is 9.88 Å². The Hall–Kier alpha value is -1.38. The predicted molar refractivity (Wildman–Crippen MR) is 133 cm³/mol. The van der Waals surface area contributed by atoms with Crippen molar-refractivity contribution < 1.29 is 4.79 Å². The second-order valence-corrected chi connectivity index (χ2v) is 11.7. The first-order chi connectivity index (χ1) is 15.7. The molecule has 1 aliphatic heterocycles. The molecule has 32 heavy (non-hydrogen) atoms. The molecule has 0 bridgehead atoms. The Kier molecular flexibility index (Phi) is 7.19. The third kappa shape index (κ3) is 5.07. The molecule has 0 atom stereocenters. The van der Waals surface area contributed by atoms with Crippen LogP contribution >= 0.6 is 23.1 Å². The van der Waals surface area contributed by atoms with Crippen LogP contribution in [0.25, 0.3) is 10.2 Å². The molecule has 1 amide bonds. The van der Waals surface area contributed by atoms with Crippen molar-refractivity contribution in [2.24, 2.45) is 5.92 Å². The third-order valence-corrected chi connectivity index (χ3v) is 9.45. The van der Waals surface area contributed by atoms with Gasteiger partial charge in [-0.2, -0.15) is 11.8 Å². The van der Waals surface area contributed by atoms with Crippen LogP contribution in [-0.4, -0.2) is 64.2 Å². The van der Waals surface area contributed by atoms with Crippen molar-refractivity contribution in [3.8, 4) is 0 Å². The molecule has 0 spiro atoms. The fourth-order valence-corrected chi connectivity index (χ4v) is 7.59. The van der Waals surface area contributed by atoms with Crippen molar-refractivity contribution in [3.63, 3.8) is 0 Å². The molecule has 174 valence electrons. The van der Waals surface area contributed by atoms with Gasteiger partial charge in [0.2, 0.25) is 5.91 Å². The number of nitrogens with zero attached hydrogens (tertiary/aromatic N) is 3. The molecule has 0 aromatic carbocycles. The van der Waals surface area contributed by atoms with Crippen LogP contribution in [0.5, 0.6) is 0 Å². The first-order valence-corrected chi connectivity index (χ1v) is 14.3. The zero-order chi connectivity index (χ0) is 21.9. The molecule has 1 saturated carbocycles. The molecular formula is C24H34N4O2S2. The van der Waals surface area contributed by atoms with Crippen LogP contribution < -0.4 is 5.56 Å². The lowest BCUT2D eigenvalue weighted by atomic mass is 9.89. The van der Waals surface area contributed by atoms with Gasteiger partial charge in [-0.25, -0.2) is 4.98 Å². The van der Waals surface area contributed by atoms with E-state index in [4.69, 9.17) is 4.98 Å². The van der Waals surface area contributed by atoms with E-state index in [1.54, 1.807) is 23.1 Å². The van der Waals surface area contributed by atoms with Gasteiger partial charge in [-0.15, -0.1) is 11.3 Å². The zero-order valence-electron chi connectivity index (χ0n) is 18.9. The third-order valence-electron chi connectivity index (χ3n) is 7.29. The minimum Gasteiger partial charge on any atom is -0.340 e. The van der Waals surface area contributed by atoms with Crippen molar-refractivity contribution in [2.45, 2.75) is 63.5 Å². The number of rotatable bonds is 7. The second kappa shape index (κ2) is 10.3. The summed E-state index contributed by atoms with van der Waals surface area (Å²) in [7, 11) is 0. The van der Waals surface area contributed by atoms with E-state index in [0.29, 0.717) is 12.2 Å². The fraction of sp³-hybridized carbons (Fsp3) is 0.708. The number of hydrogen-bond acceptors (Lipinski definition) is 6. The van der Waals surface area contributed by atoms with Crippen LogP contribution in [0.1, 0.15) is 61.2 Å². The molecule has 0 radical (unpaired) electrons. The van der Waals surface area contributed by atoms with E-state index in [2.05, 4.69) is 9.88 Å². The molecule has 1 N–H and O–H groups in total. The van der Waals surface area contributed by atoms with E-state index in [0.717, 1.165) is 73.2 Å². The number of amides is 1. The quantitative estimate of drug-likeness (QED) is 0.618. The Labute approximate surface area is 198 Å². The summed E-state index contributed by atoms with van der Waals surface area (Å²) in [6, 6.07) is 0. The summed E-state index contributed by atoms with van der Waals surface area (Å²) < 4.78 is 0. The lowest BCUT2D eigenvalue weighted by Crippen LogP contribution is -2.49. The number of thiophene rings is 1. The van der Waals surface area contributed by atoms with Gasteiger partial charge >= 0.3 is 0 Å². The minimum atomic E-state index is 0.00664. The van der Waals surface area contributed by atoms with E-state index in [1.807, 2.05) is 4.90 Å². The highest BCUT2D eigenvalue weighted by Crippen LogP contribution is 2.34. The van der Waals surface area contributed by atoms with Gasteiger partial charge in [0.25, 0.3) is 5.56 Å². The average molecular weight is 475 g/mol. The number of piperazine rings is 1. The minimum absolute atomic E-state index is 0.00664. The molecule has 2 aromatic heterocycles. The van der Waals surface area contributed by atoms with E-state index < -0.39 is 0 Å². The molecule has 3 aliphatic rings. The molecule has 0 unspecified atom stereocenters. The number of H-pyrrole nitrogens is 1. The molecule has 1 saturated heterocycles. The maximum Gasteiger partial charge on any atom is 0.259 e. The normalized spacial score (nSPS) is 20.2. The molecule has 2 aliphatic carbocycles. The maximum absolute atomic E-state index is 12.6. The molecule has 2 aromatic rings. The standard InChI is InChI=1S/C24H34N4O2S2/c29-21(28-12-10-27(11-13-28)15-17-5-2-1-3-6-17)9-14-31-16-20-25-23(30)22-18-7-4-8-19(18)32-24(22)26-20/h17H,1-16H2,(H,25,26,30). The Bertz CT molecular complexity index is 1000. The zero-order valence-corrected chi connectivity index (χ0v) is 20.5.